The minimum absolute atomic E-state index is 0. The van der Waals surface area contributed by atoms with Gasteiger partial charge >= 0.3 is 0 Å². The number of rotatable bonds is 5. The summed E-state index contributed by atoms with van der Waals surface area (Å²) < 4.78 is 6.06. The first-order valence-corrected chi connectivity index (χ1v) is 9.28. The fourth-order valence-electron chi connectivity index (χ4n) is 3.90. The van der Waals surface area contributed by atoms with E-state index in [1.54, 1.807) is 0 Å². The van der Waals surface area contributed by atoms with Crippen molar-refractivity contribution >= 4 is 11.7 Å². The first-order chi connectivity index (χ1) is 12.0. The standard InChI is InChI=1S/C20H28N2O3.CH4/c1-4-20(5-2)17(23)14-18(20)25-16-8-6-15(7-9-16)19(24)22-12-10-21(3)11-13-22;/h6-9,18H,4-5,10-14H2,1-3H3;1H4/t18-;/m0./s1. The molecule has 0 aromatic heterocycles. The molecule has 1 atom stereocenters. The maximum Gasteiger partial charge on any atom is 0.253 e. The monoisotopic (exact) mass is 360 g/mol. The molecule has 3 rings (SSSR count). The molecule has 0 unspecified atom stereocenters. The maximum atomic E-state index is 12.6. The molecule has 26 heavy (non-hydrogen) atoms. The Morgan fingerprint density at radius 2 is 1.69 bits per heavy atom. The highest BCUT2D eigenvalue weighted by molar-refractivity contribution is 5.94. The highest BCUT2D eigenvalue weighted by Gasteiger charge is 2.53. The lowest BCUT2D eigenvalue weighted by atomic mass is 9.61. The van der Waals surface area contributed by atoms with Crippen LogP contribution in [0.4, 0.5) is 0 Å². The molecule has 0 N–H and O–H groups in total. The summed E-state index contributed by atoms with van der Waals surface area (Å²) in [6, 6.07) is 7.36. The molecular formula is C21H32N2O3. The summed E-state index contributed by atoms with van der Waals surface area (Å²) in [6.07, 6.45) is 2.07. The maximum absolute atomic E-state index is 12.6. The quantitative estimate of drug-likeness (QED) is 0.809. The zero-order chi connectivity index (χ0) is 18.0. The average Bonchev–Trinajstić information content (AvgIpc) is 2.63. The van der Waals surface area contributed by atoms with Crippen LogP contribution in [0.5, 0.6) is 5.75 Å². The van der Waals surface area contributed by atoms with E-state index in [0.717, 1.165) is 44.8 Å². The van der Waals surface area contributed by atoms with Gasteiger partial charge in [-0.05, 0) is 44.2 Å². The highest BCUT2D eigenvalue weighted by atomic mass is 16.5. The number of likely N-dealkylation sites (N-methyl/N-ethyl adjacent to an activating group) is 1. The minimum atomic E-state index is -0.325. The Morgan fingerprint density at radius 3 is 2.19 bits per heavy atom. The van der Waals surface area contributed by atoms with Crippen LogP contribution in [-0.2, 0) is 4.79 Å². The molecule has 1 aromatic carbocycles. The van der Waals surface area contributed by atoms with Gasteiger partial charge < -0.3 is 14.5 Å². The van der Waals surface area contributed by atoms with Crippen molar-refractivity contribution < 1.29 is 14.3 Å². The van der Waals surface area contributed by atoms with Gasteiger partial charge in [-0.1, -0.05) is 21.3 Å². The second kappa shape index (κ2) is 8.21. The number of Topliss-reactive ketones (excluding diaryl/α,β-unsaturated/α-hetero) is 1. The lowest BCUT2D eigenvalue weighted by Gasteiger charge is -2.46. The predicted molar refractivity (Wildman–Crippen MR) is 104 cm³/mol. The zero-order valence-corrected chi connectivity index (χ0v) is 15.5. The summed E-state index contributed by atoms with van der Waals surface area (Å²) in [5.41, 5.74) is 0.368. The normalized spacial score (nSPS) is 22.3. The van der Waals surface area contributed by atoms with Crippen LogP contribution < -0.4 is 4.74 Å². The first-order valence-electron chi connectivity index (χ1n) is 9.28. The van der Waals surface area contributed by atoms with E-state index in [1.807, 2.05) is 29.2 Å². The molecule has 0 spiro atoms. The Kier molecular flexibility index (Phi) is 6.45. The number of carbonyl (C=O) groups excluding carboxylic acids is 2. The topological polar surface area (TPSA) is 49.9 Å². The Balaban J connectivity index is 0.00000243. The molecule has 0 bridgehead atoms. The Morgan fingerprint density at radius 1 is 1.12 bits per heavy atom. The van der Waals surface area contributed by atoms with Crippen LogP contribution in [0.2, 0.25) is 0 Å². The van der Waals surface area contributed by atoms with Crippen molar-refractivity contribution in [1.82, 2.24) is 9.80 Å². The van der Waals surface area contributed by atoms with Crippen molar-refractivity contribution in [1.29, 1.82) is 0 Å². The lowest BCUT2D eigenvalue weighted by Crippen LogP contribution is -2.56. The van der Waals surface area contributed by atoms with Crippen molar-refractivity contribution in [2.45, 2.75) is 46.6 Å². The Hall–Kier alpha value is -1.88. The van der Waals surface area contributed by atoms with Gasteiger partial charge in [0.2, 0.25) is 0 Å². The summed E-state index contributed by atoms with van der Waals surface area (Å²) in [4.78, 5) is 28.7. The van der Waals surface area contributed by atoms with Crippen LogP contribution in [-0.4, -0.2) is 60.8 Å². The molecular weight excluding hydrogens is 328 g/mol. The number of benzene rings is 1. The molecule has 1 heterocycles. The molecule has 1 aromatic rings. The molecule has 1 amide bonds. The fourth-order valence-corrected chi connectivity index (χ4v) is 3.90. The van der Waals surface area contributed by atoms with E-state index in [0.29, 0.717) is 17.8 Å². The number of piperazine rings is 1. The van der Waals surface area contributed by atoms with E-state index in [9.17, 15) is 9.59 Å². The second-order valence-electron chi connectivity index (χ2n) is 7.22. The van der Waals surface area contributed by atoms with E-state index in [-0.39, 0.29) is 24.9 Å². The number of ether oxygens (including phenoxy) is 1. The van der Waals surface area contributed by atoms with Crippen molar-refractivity contribution in [3.05, 3.63) is 29.8 Å². The summed E-state index contributed by atoms with van der Waals surface area (Å²) in [5.74, 6) is 1.12. The summed E-state index contributed by atoms with van der Waals surface area (Å²) in [7, 11) is 2.08. The number of ketones is 1. The Labute approximate surface area is 157 Å². The number of amides is 1. The summed E-state index contributed by atoms with van der Waals surface area (Å²) in [5, 5.41) is 0. The molecule has 0 radical (unpaired) electrons. The highest BCUT2D eigenvalue weighted by Crippen LogP contribution is 2.45. The fraction of sp³-hybridized carbons (Fsp3) is 0.619. The van der Waals surface area contributed by atoms with Crippen LogP contribution in [0.25, 0.3) is 0 Å². The van der Waals surface area contributed by atoms with Crippen LogP contribution in [0.15, 0.2) is 24.3 Å². The minimum Gasteiger partial charge on any atom is -0.489 e. The van der Waals surface area contributed by atoms with Gasteiger partial charge in [-0.3, -0.25) is 9.59 Å². The third-order valence-corrected chi connectivity index (χ3v) is 5.97. The van der Waals surface area contributed by atoms with Gasteiger partial charge in [-0.2, -0.15) is 0 Å². The molecule has 1 aliphatic heterocycles. The smallest absolute Gasteiger partial charge is 0.253 e. The largest absolute Gasteiger partial charge is 0.489 e. The van der Waals surface area contributed by atoms with Gasteiger partial charge in [0.25, 0.3) is 5.91 Å². The number of nitrogens with zero attached hydrogens (tertiary/aromatic N) is 2. The summed E-state index contributed by atoms with van der Waals surface area (Å²) >= 11 is 0. The third-order valence-electron chi connectivity index (χ3n) is 5.97. The number of hydrogen-bond donors (Lipinski definition) is 0. The molecule has 5 nitrogen and oxygen atoms in total. The predicted octanol–water partition coefficient (Wildman–Crippen LogP) is 3.24. The second-order valence-corrected chi connectivity index (χ2v) is 7.22. The molecule has 1 saturated carbocycles. The van der Waals surface area contributed by atoms with E-state index in [1.165, 1.54) is 0 Å². The zero-order valence-electron chi connectivity index (χ0n) is 15.5. The van der Waals surface area contributed by atoms with Crippen molar-refractivity contribution in [3.8, 4) is 5.75 Å². The average molecular weight is 360 g/mol. The van der Waals surface area contributed by atoms with E-state index >= 15 is 0 Å². The number of hydrogen-bond acceptors (Lipinski definition) is 4. The lowest BCUT2D eigenvalue weighted by molar-refractivity contribution is -0.153. The molecule has 1 saturated heterocycles. The molecule has 2 fully saturated rings. The Bertz CT molecular complexity index is 629. The van der Waals surface area contributed by atoms with Crippen LogP contribution in [0.1, 0.15) is 50.9 Å². The van der Waals surface area contributed by atoms with Crippen LogP contribution in [0, 0.1) is 5.41 Å². The summed E-state index contributed by atoms with van der Waals surface area (Å²) in [6.45, 7) is 7.47. The molecule has 1 aliphatic carbocycles. The first kappa shape index (κ1) is 20.4. The SMILES string of the molecule is C.CCC1(CC)C(=O)C[C@@H]1Oc1ccc(C(=O)N2CCN(C)CC2)cc1. The van der Waals surface area contributed by atoms with Gasteiger partial charge in [0.1, 0.15) is 17.6 Å². The molecule has 144 valence electrons. The van der Waals surface area contributed by atoms with Gasteiger partial charge in [0.05, 0.1) is 5.41 Å². The molecule has 2 aliphatic rings. The van der Waals surface area contributed by atoms with Crippen LogP contribution in [0.3, 0.4) is 0 Å². The van der Waals surface area contributed by atoms with Gasteiger partial charge in [0.15, 0.2) is 0 Å². The van der Waals surface area contributed by atoms with E-state index in [2.05, 4.69) is 25.8 Å². The third kappa shape index (κ3) is 3.63. The van der Waals surface area contributed by atoms with Crippen molar-refractivity contribution in [3.63, 3.8) is 0 Å². The van der Waals surface area contributed by atoms with Crippen molar-refractivity contribution in [2.75, 3.05) is 33.2 Å². The number of carbonyl (C=O) groups is 2. The van der Waals surface area contributed by atoms with Gasteiger partial charge in [-0.25, -0.2) is 0 Å². The van der Waals surface area contributed by atoms with E-state index < -0.39 is 0 Å². The van der Waals surface area contributed by atoms with Gasteiger partial charge in [-0.15, -0.1) is 0 Å². The van der Waals surface area contributed by atoms with Crippen LogP contribution >= 0.6 is 0 Å². The van der Waals surface area contributed by atoms with E-state index in [4.69, 9.17) is 4.74 Å². The van der Waals surface area contributed by atoms with Crippen molar-refractivity contribution in [2.24, 2.45) is 5.41 Å². The molecule has 5 heteroatoms. The van der Waals surface area contributed by atoms with Gasteiger partial charge in [0, 0.05) is 38.2 Å².